The first-order valence-corrected chi connectivity index (χ1v) is 6.80. The van der Waals surface area contributed by atoms with E-state index in [2.05, 4.69) is 15.9 Å². The van der Waals surface area contributed by atoms with Crippen LogP contribution in [0, 0.1) is 5.92 Å². The molecule has 0 aromatic rings. The van der Waals surface area contributed by atoms with Gasteiger partial charge >= 0.3 is 11.9 Å². The molecule has 1 rings (SSSR count). The van der Waals surface area contributed by atoms with Crippen LogP contribution in [0.2, 0.25) is 0 Å². The fraction of sp³-hybridized carbons (Fsp3) is 0.750. The molecule has 1 saturated heterocycles. The summed E-state index contributed by atoms with van der Waals surface area (Å²) in [6, 6.07) is 0. The van der Waals surface area contributed by atoms with Crippen molar-refractivity contribution >= 4 is 33.7 Å². The number of Topliss-reactive ketones (excluding diaryl/α,β-unsaturated/α-hetero) is 1. The van der Waals surface area contributed by atoms with Gasteiger partial charge in [-0.3, -0.25) is 14.4 Å². The molecule has 0 aromatic carbocycles. The molecule has 1 aliphatic rings. The summed E-state index contributed by atoms with van der Waals surface area (Å²) < 4.78 is 15.8. The second-order valence-electron chi connectivity index (χ2n) is 4.53. The van der Waals surface area contributed by atoms with Crippen molar-refractivity contribution in [2.24, 2.45) is 5.92 Å². The molecule has 5 atom stereocenters. The molecule has 7 heteroatoms. The third-order valence-electron chi connectivity index (χ3n) is 2.86. The molecule has 1 aliphatic heterocycles. The summed E-state index contributed by atoms with van der Waals surface area (Å²) in [5, 5.41) is -0.703. The second-order valence-corrected chi connectivity index (χ2v) is 5.43. The normalized spacial score (nSPS) is 34.5. The number of halogens is 1. The molecule has 6 nitrogen and oxygen atoms in total. The van der Waals surface area contributed by atoms with Gasteiger partial charge in [-0.1, -0.05) is 22.9 Å². The molecule has 0 bridgehead atoms. The minimum atomic E-state index is -0.785. The summed E-state index contributed by atoms with van der Waals surface area (Å²) in [5.74, 6) is -1.59. The van der Waals surface area contributed by atoms with Gasteiger partial charge < -0.3 is 14.2 Å². The van der Waals surface area contributed by atoms with Gasteiger partial charge in [0.05, 0.1) is 0 Å². The van der Waals surface area contributed by atoms with Crippen molar-refractivity contribution in [2.75, 3.05) is 0 Å². The topological polar surface area (TPSA) is 78.9 Å². The molecule has 0 radical (unpaired) electrons. The molecule has 0 aliphatic carbocycles. The predicted octanol–water partition coefficient (Wildman–Crippen LogP) is 1.19. The van der Waals surface area contributed by atoms with Crippen LogP contribution < -0.4 is 0 Å². The fourth-order valence-electron chi connectivity index (χ4n) is 2.11. The monoisotopic (exact) mass is 336 g/mol. The van der Waals surface area contributed by atoms with Crippen molar-refractivity contribution in [3.8, 4) is 0 Å². The minimum Gasteiger partial charge on any atom is -0.458 e. The molecule has 0 amide bonds. The largest absolute Gasteiger partial charge is 0.458 e. The summed E-state index contributed by atoms with van der Waals surface area (Å²) >= 11 is 3.21. The Labute approximate surface area is 119 Å². The Balaban J connectivity index is 2.98. The lowest BCUT2D eigenvalue weighted by atomic mass is 9.89. The number of hydrogen-bond acceptors (Lipinski definition) is 6. The van der Waals surface area contributed by atoms with Crippen LogP contribution in [0.1, 0.15) is 27.7 Å². The zero-order chi connectivity index (χ0) is 14.7. The van der Waals surface area contributed by atoms with Crippen molar-refractivity contribution in [3.05, 3.63) is 0 Å². The van der Waals surface area contributed by atoms with E-state index in [1.54, 1.807) is 6.92 Å². The Morgan fingerprint density at radius 1 is 1.00 bits per heavy atom. The van der Waals surface area contributed by atoms with E-state index in [1.165, 1.54) is 20.8 Å². The maximum absolute atomic E-state index is 11.5. The van der Waals surface area contributed by atoms with Gasteiger partial charge in [0, 0.05) is 19.8 Å². The summed E-state index contributed by atoms with van der Waals surface area (Å²) in [7, 11) is 0. The van der Waals surface area contributed by atoms with Crippen molar-refractivity contribution in [1.29, 1.82) is 0 Å². The van der Waals surface area contributed by atoms with E-state index in [0.717, 1.165) is 0 Å². The lowest BCUT2D eigenvalue weighted by molar-refractivity contribution is -0.205. The molecule has 1 fully saturated rings. The van der Waals surface area contributed by atoms with Crippen LogP contribution >= 0.6 is 15.9 Å². The highest BCUT2D eigenvalue weighted by atomic mass is 79.9. The van der Waals surface area contributed by atoms with Crippen LogP contribution in [0.3, 0.4) is 0 Å². The summed E-state index contributed by atoms with van der Waals surface area (Å²) in [5.41, 5.74) is 0. The van der Waals surface area contributed by atoms with Gasteiger partial charge in [-0.05, 0) is 6.92 Å². The van der Waals surface area contributed by atoms with Crippen LogP contribution in [-0.4, -0.2) is 41.0 Å². The van der Waals surface area contributed by atoms with Gasteiger partial charge in [0.15, 0.2) is 16.9 Å². The van der Waals surface area contributed by atoms with E-state index in [1.807, 2.05) is 0 Å². The number of hydrogen-bond donors (Lipinski definition) is 0. The Morgan fingerprint density at radius 2 is 1.47 bits per heavy atom. The summed E-state index contributed by atoms with van der Waals surface area (Å²) in [6.07, 6.45) is -2.22. The molecule has 0 N–H and O–H groups in total. The zero-order valence-corrected chi connectivity index (χ0v) is 12.8. The molecule has 19 heavy (non-hydrogen) atoms. The number of esters is 2. The molecule has 0 saturated carbocycles. The van der Waals surface area contributed by atoms with E-state index >= 15 is 0 Å². The first kappa shape index (κ1) is 16.1. The molecule has 0 aromatic heterocycles. The first-order valence-electron chi connectivity index (χ1n) is 5.88. The van der Waals surface area contributed by atoms with Crippen molar-refractivity contribution in [3.63, 3.8) is 0 Å². The van der Waals surface area contributed by atoms with Gasteiger partial charge in [-0.25, -0.2) is 0 Å². The number of carbonyl (C=O) groups excluding carboxylic acids is 3. The van der Waals surface area contributed by atoms with Gasteiger partial charge in [0.1, 0.15) is 12.2 Å². The van der Waals surface area contributed by atoms with Crippen LogP contribution in [-0.2, 0) is 28.6 Å². The maximum Gasteiger partial charge on any atom is 0.303 e. The lowest BCUT2D eigenvalue weighted by Gasteiger charge is -2.41. The summed E-state index contributed by atoms with van der Waals surface area (Å²) in [6.45, 7) is 5.64. The number of ether oxygens (including phenoxy) is 3. The average molecular weight is 337 g/mol. The van der Waals surface area contributed by atoms with E-state index in [0.29, 0.717) is 0 Å². The third-order valence-corrected chi connectivity index (χ3v) is 3.60. The third kappa shape index (κ3) is 4.01. The lowest BCUT2D eigenvalue weighted by Crippen LogP contribution is -2.56. The molecular weight excluding hydrogens is 320 g/mol. The minimum absolute atomic E-state index is 0.171. The van der Waals surface area contributed by atoms with E-state index in [-0.39, 0.29) is 5.78 Å². The molecule has 1 unspecified atom stereocenters. The average Bonchev–Trinajstić information content (AvgIpc) is 2.26. The van der Waals surface area contributed by atoms with Crippen LogP contribution in [0.4, 0.5) is 0 Å². The maximum atomic E-state index is 11.5. The standard InChI is InChI=1S/C12H17BrO6/c1-5-9(6(2)14)19-12(13)11(18-8(4)16)10(5)17-7(3)15/h5,9-12H,1-4H3/t5-,9+,10+,11-,12?/m1/s1. The Bertz CT molecular complexity index is 382. The van der Waals surface area contributed by atoms with Crippen LogP contribution in [0.15, 0.2) is 0 Å². The summed E-state index contributed by atoms with van der Waals surface area (Å²) in [4.78, 5) is 33.8. The van der Waals surface area contributed by atoms with E-state index in [9.17, 15) is 14.4 Å². The van der Waals surface area contributed by atoms with Gasteiger partial charge in [-0.2, -0.15) is 0 Å². The molecule has 1 heterocycles. The highest BCUT2D eigenvalue weighted by Gasteiger charge is 2.48. The van der Waals surface area contributed by atoms with Gasteiger partial charge in [-0.15, -0.1) is 0 Å². The highest BCUT2D eigenvalue weighted by Crippen LogP contribution is 2.33. The number of carbonyl (C=O) groups is 3. The Morgan fingerprint density at radius 3 is 1.89 bits per heavy atom. The number of ketones is 1. The number of rotatable bonds is 3. The zero-order valence-electron chi connectivity index (χ0n) is 11.2. The SMILES string of the molecule is CC(=O)O[C@H]1[C@H](C)[C@@H](C(C)=O)OC(Br)[C@@H]1OC(C)=O. The van der Waals surface area contributed by atoms with Crippen LogP contribution in [0.25, 0.3) is 0 Å². The fourth-order valence-corrected chi connectivity index (χ4v) is 2.75. The van der Waals surface area contributed by atoms with E-state index in [4.69, 9.17) is 14.2 Å². The molecule has 108 valence electrons. The Kier molecular flexibility index (Phi) is 5.49. The highest BCUT2D eigenvalue weighted by molar-refractivity contribution is 9.09. The van der Waals surface area contributed by atoms with Crippen molar-refractivity contribution < 1.29 is 28.6 Å². The first-order chi connectivity index (χ1) is 8.73. The van der Waals surface area contributed by atoms with Gasteiger partial charge in [0.2, 0.25) is 0 Å². The predicted molar refractivity (Wildman–Crippen MR) is 68.5 cm³/mol. The second kappa shape index (κ2) is 6.47. The molecule has 0 spiro atoms. The quantitative estimate of drug-likeness (QED) is 0.569. The van der Waals surface area contributed by atoms with Gasteiger partial charge in [0.25, 0.3) is 0 Å². The van der Waals surface area contributed by atoms with Crippen LogP contribution in [0.5, 0.6) is 0 Å². The molecular formula is C12H17BrO6. The van der Waals surface area contributed by atoms with Crippen molar-refractivity contribution in [2.45, 2.75) is 51.0 Å². The number of alkyl halides is 1. The van der Waals surface area contributed by atoms with Crippen molar-refractivity contribution in [1.82, 2.24) is 0 Å². The van der Waals surface area contributed by atoms with E-state index < -0.39 is 41.2 Å². The smallest absolute Gasteiger partial charge is 0.303 e. The Hall–Kier alpha value is -0.950.